The van der Waals surface area contributed by atoms with E-state index in [4.69, 9.17) is 14.6 Å². The first-order valence-electron chi connectivity index (χ1n) is 13.2. The minimum absolute atomic E-state index is 0.106. The molecule has 1 heterocycles. The zero-order chi connectivity index (χ0) is 30.3. The lowest BCUT2D eigenvalue weighted by molar-refractivity contribution is -0.192. The lowest BCUT2D eigenvalue weighted by atomic mass is 10.1. The first kappa shape index (κ1) is 32.9. The average Bonchev–Trinajstić information content (AvgIpc) is 2.91. The van der Waals surface area contributed by atoms with Crippen LogP contribution in [0.4, 0.5) is 24.9 Å². The minimum atomic E-state index is -5.08. The molecule has 1 unspecified atom stereocenters. The van der Waals surface area contributed by atoms with Crippen molar-refractivity contribution < 1.29 is 32.6 Å². The highest BCUT2D eigenvalue weighted by Crippen LogP contribution is 2.15. The molecule has 2 atom stereocenters. The standard InChI is InChI=1S/C27H35N5O2.C2HF3O2/c1-4-11-20(2)29-27-30-21(3)18-25(32-27)31-24(19-22-12-7-5-8-13-22)26(33)28-16-17-34-23-14-9-6-10-15-23;3-2(4,5)1(6)7/h5-10,12-15,18,20,24H,4,11,16-17,19H2,1-3H3,(H,28,33)(H2,29,30,31,32);(H,6,7)/t20?,24-;/m0./s1. The number of hydrogen-bond acceptors (Lipinski definition) is 7. The van der Waals surface area contributed by atoms with E-state index in [1.165, 1.54) is 0 Å². The number of carbonyl (C=O) groups excluding carboxylic acids is 1. The van der Waals surface area contributed by atoms with Gasteiger partial charge >= 0.3 is 12.1 Å². The normalized spacial score (nSPS) is 12.2. The Morgan fingerprint density at radius 3 is 2.20 bits per heavy atom. The summed E-state index contributed by atoms with van der Waals surface area (Å²) in [7, 11) is 0. The summed E-state index contributed by atoms with van der Waals surface area (Å²) < 4.78 is 37.4. The highest BCUT2D eigenvalue weighted by molar-refractivity contribution is 5.84. The van der Waals surface area contributed by atoms with Gasteiger partial charge in [-0.15, -0.1) is 0 Å². The summed E-state index contributed by atoms with van der Waals surface area (Å²) in [5.41, 5.74) is 1.90. The van der Waals surface area contributed by atoms with Crippen molar-refractivity contribution in [2.45, 2.75) is 58.3 Å². The van der Waals surface area contributed by atoms with Crippen LogP contribution in [0.5, 0.6) is 5.75 Å². The molecule has 0 aliphatic heterocycles. The van der Waals surface area contributed by atoms with E-state index in [9.17, 15) is 18.0 Å². The molecule has 3 aromatic rings. The summed E-state index contributed by atoms with van der Waals surface area (Å²) in [4.78, 5) is 31.1. The van der Waals surface area contributed by atoms with Crippen molar-refractivity contribution in [1.29, 1.82) is 0 Å². The van der Waals surface area contributed by atoms with Crippen LogP contribution in [0, 0.1) is 6.92 Å². The summed E-state index contributed by atoms with van der Waals surface area (Å²) in [6.45, 7) is 7.00. The predicted molar refractivity (Wildman–Crippen MR) is 151 cm³/mol. The van der Waals surface area contributed by atoms with Gasteiger partial charge in [-0.1, -0.05) is 61.9 Å². The van der Waals surface area contributed by atoms with Crippen LogP contribution in [0.25, 0.3) is 0 Å². The molecule has 0 fully saturated rings. The van der Waals surface area contributed by atoms with Crippen molar-refractivity contribution in [1.82, 2.24) is 15.3 Å². The number of hydrogen-bond donors (Lipinski definition) is 4. The SMILES string of the molecule is CCCC(C)Nc1nc(C)cc(N[C@@H](Cc2ccccc2)C(=O)NCCOc2ccccc2)n1.O=C(O)C(F)(F)F. The third-order valence-electron chi connectivity index (χ3n) is 5.53. The molecule has 0 saturated heterocycles. The third-order valence-corrected chi connectivity index (χ3v) is 5.53. The summed E-state index contributed by atoms with van der Waals surface area (Å²) in [6.07, 6.45) is -2.44. The van der Waals surface area contributed by atoms with Crippen molar-refractivity contribution in [3.63, 3.8) is 0 Å². The molecule has 0 radical (unpaired) electrons. The Morgan fingerprint density at radius 2 is 1.61 bits per heavy atom. The summed E-state index contributed by atoms with van der Waals surface area (Å²) in [6, 6.07) is 21.2. The van der Waals surface area contributed by atoms with E-state index >= 15 is 0 Å². The number of nitrogens with one attached hydrogen (secondary N) is 3. The van der Waals surface area contributed by atoms with Crippen molar-refractivity contribution in [2.75, 3.05) is 23.8 Å². The fourth-order valence-electron chi connectivity index (χ4n) is 3.65. The number of rotatable bonds is 13. The summed E-state index contributed by atoms with van der Waals surface area (Å²) >= 11 is 0. The summed E-state index contributed by atoms with van der Waals surface area (Å²) in [5.74, 6) is -0.892. The van der Waals surface area contributed by atoms with Gasteiger partial charge in [0.05, 0.1) is 6.54 Å². The summed E-state index contributed by atoms with van der Waals surface area (Å²) in [5, 5.41) is 16.8. The highest BCUT2D eigenvalue weighted by atomic mass is 19.4. The molecule has 0 saturated carbocycles. The van der Waals surface area contributed by atoms with E-state index in [1.54, 1.807) is 0 Å². The van der Waals surface area contributed by atoms with Crippen LogP contribution >= 0.6 is 0 Å². The smallest absolute Gasteiger partial charge is 0.490 e. The van der Waals surface area contributed by atoms with E-state index in [-0.39, 0.29) is 11.9 Å². The third kappa shape index (κ3) is 13.0. The van der Waals surface area contributed by atoms with Gasteiger partial charge in [0.2, 0.25) is 11.9 Å². The first-order valence-corrected chi connectivity index (χ1v) is 13.2. The second kappa shape index (κ2) is 16.7. The largest absolute Gasteiger partial charge is 0.492 e. The molecule has 2 aromatic carbocycles. The van der Waals surface area contributed by atoms with Gasteiger partial charge in [-0.2, -0.15) is 18.2 Å². The molecule has 222 valence electrons. The van der Waals surface area contributed by atoms with Gasteiger partial charge in [-0.05, 0) is 38.0 Å². The van der Waals surface area contributed by atoms with Gasteiger partial charge in [0.15, 0.2) is 0 Å². The van der Waals surface area contributed by atoms with E-state index in [0.29, 0.717) is 31.3 Å². The molecule has 12 heteroatoms. The molecule has 1 amide bonds. The van der Waals surface area contributed by atoms with Crippen molar-refractivity contribution in [3.05, 3.63) is 78.0 Å². The Labute approximate surface area is 237 Å². The molecule has 0 spiro atoms. The number of para-hydroxylation sites is 1. The number of carboxylic acid groups (broad SMARTS) is 1. The number of anilines is 2. The topological polar surface area (TPSA) is 125 Å². The number of aryl methyl sites for hydroxylation is 1. The van der Waals surface area contributed by atoms with E-state index in [2.05, 4.69) is 39.8 Å². The number of carbonyl (C=O) groups is 2. The van der Waals surface area contributed by atoms with E-state index in [0.717, 1.165) is 29.8 Å². The number of ether oxygens (including phenoxy) is 1. The molecule has 9 nitrogen and oxygen atoms in total. The lowest BCUT2D eigenvalue weighted by Crippen LogP contribution is -2.42. The molecular formula is C29H36F3N5O4. The number of nitrogens with zero attached hydrogens (tertiary/aromatic N) is 2. The lowest BCUT2D eigenvalue weighted by Gasteiger charge is -2.20. The maximum absolute atomic E-state index is 13.1. The van der Waals surface area contributed by atoms with Crippen LogP contribution in [0.2, 0.25) is 0 Å². The molecular weight excluding hydrogens is 539 g/mol. The first-order chi connectivity index (χ1) is 19.5. The quantitative estimate of drug-likeness (QED) is 0.204. The van der Waals surface area contributed by atoms with Gasteiger partial charge in [0.25, 0.3) is 0 Å². The fourth-order valence-corrected chi connectivity index (χ4v) is 3.65. The molecule has 4 N–H and O–H groups in total. The second-order valence-corrected chi connectivity index (χ2v) is 9.19. The molecule has 1 aromatic heterocycles. The van der Waals surface area contributed by atoms with E-state index < -0.39 is 18.2 Å². The Hall–Kier alpha value is -4.35. The van der Waals surface area contributed by atoms with Crippen LogP contribution in [0.15, 0.2) is 66.7 Å². The molecule has 3 rings (SSSR count). The van der Waals surface area contributed by atoms with Crippen molar-refractivity contribution >= 4 is 23.6 Å². The van der Waals surface area contributed by atoms with Gasteiger partial charge in [-0.25, -0.2) is 9.78 Å². The fraction of sp³-hybridized carbons (Fsp3) is 0.379. The van der Waals surface area contributed by atoms with E-state index in [1.807, 2.05) is 73.7 Å². The average molecular weight is 576 g/mol. The predicted octanol–water partition coefficient (Wildman–Crippen LogP) is 5.24. The molecule has 0 aliphatic carbocycles. The zero-order valence-electron chi connectivity index (χ0n) is 23.2. The number of benzene rings is 2. The number of carboxylic acids is 1. The molecule has 41 heavy (non-hydrogen) atoms. The van der Waals surface area contributed by atoms with Crippen LogP contribution in [-0.2, 0) is 16.0 Å². The van der Waals surface area contributed by atoms with Gasteiger partial charge in [0.1, 0.15) is 24.2 Å². The van der Waals surface area contributed by atoms with Crippen molar-refractivity contribution in [3.8, 4) is 5.75 Å². The number of alkyl halides is 3. The van der Waals surface area contributed by atoms with Crippen LogP contribution in [0.3, 0.4) is 0 Å². The number of aliphatic carboxylic acids is 1. The van der Waals surface area contributed by atoms with Gasteiger partial charge in [0, 0.05) is 24.2 Å². The maximum atomic E-state index is 13.1. The van der Waals surface area contributed by atoms with Gasteiger partial charge in [-0.3, -0.25) is 4.79 Å². The molecule has 0 bridgehead atoms. The number of amides is 1. The van der Waals surface area contributed by atoms with Crippen LogP contribution < -0.4 is 20.7 Å². The Morgan fingerprint density at radius 1 is 1.00 bits per heavy atom. The van der Waals surface area contributed by atoms with Crippen LogP contribution in [0.1, 0.15) is 37.9 Å². The maximum Gasteiger partial charge on any atom is 0.490 e. The Balaban J connectivity index is 0.000000745. The highest BCUT2D eigenvalue weighted by Gasteiger charge is 2.38. The van der Waals surface area contributed by atoms with Gasteiger partial charge < -0.3 is 25.8 Å². The number of aromatic nitrogens is 2. The number of halogens is 3. The Bertz CT molecular complexity index is 1210. The zero-order valence-corrected chi connectivity index (χ0v) is 23.2. The second-order valence-electron chi connectivity index (χ2n) is 9.19. The molecule has 0 aliphatic rings. The van der Waals surface area contributed by atoms with Crippen molar-refractivity contribution in [2.24, 2.45) is 0 Å². The minimum Gasteiger partial charge on any atom is -0.492 e. The Kier molecular flexibility index (Phi) is 13.4. The monoisotopic (exact) mass is 575 g/mol. The van der Waals surface area contributed by atoms with Crippen LogP contribution in [-0.4, -0.2) is 58.4 Å².